The zero-order valence-electron chi connectivity index (χ0n) is 13.3. The molecule has 5 nitrogen and oxygen atoms in total. The molecule has 0 spiro atoms. The number of benzene rings is 1. The first-order valence-electron chi connectivity index (χ1n) is 7.84. The second kappa shape index (κ2) is 6.69. The van der Waals surface area contributed by atoms with Crippen LogP contribution in [0.15, 0.2) is 24.5 Å². The van der Waals surface area contributed by atoms with E-state index >= 15 is 0 Å². The van der Waals surface area contributed by atoms with Gasteiger partial charge in [0.05, 0.1) is 29.4 Å². The summed E-state index contributed by atoms with van der Waals surface area (Å²) in [6.45, 7) is 1.80. The number of ether oxygens (including phenoxy) is 1. The van der Waals surface area contributed by atoms with Gasteiger partial charge in [-0.05, 0) is 0 Å². The predicted molar refractivity (Wildman–Crippen MR) is 90.7 cm³/mol. The fraction of sp³-hybridized carbons (Fsp3) is 0.235. The third-order valence-electron chi connectivity index (χ3n) is 4.11. The van der Waals surface area contributed by atoms with E-state index in [1.54, 1.807) is 4.90 Å². The van der Waals surface area contributed by atoms with Gasteiger partial charge in [-0.2, -0.15) is 0 Å². The Morgan fingerprint density at radius 1 is 0.962 bits per heavy atom. The Labute approximate surface area is 151 Å². The predicted octanol–water partition coefficient (Wildman–Crippen LogP) is 3.60. The minimum atomic E-state index is -1.07. The van der Waals surface area contributed by atoms with Gasteiger partial charge >= 0.3 is 0 Å². The van der Waals surface area contributed by atoms with E-state index in [2.05, 4.69) is 15.0 Å². The van der Waals surface area contributed by atoms with Crippen molar-refractivity contribution in [1.29, 1.82) is 0 Å². The van der Waals surface area contributed by atoms with Gasteiger partial charge in [0, 0.05) is 37.6 Å². The number of morpholine rings is 1. The van der Waals surface area contributed by atoms with Gasteiger partial charge in [0.25, 0.3) is 0 Å². The SMILES string of the molecule is Fc1cc(F)c(-c2c(N3CCOCC3)nc3nccnc3c2Cl)c(F)c1. The largest absolute Gasteiger partial charge is 0.378 e. The Morgan fingerprint density at radius 2 is 1.62 bits per heavy atom. The van der Waals surface area contributed by atoms with Crippen LogP contribution < -0.4 is 4.90 Å². The molecule has 4 rings (SSSR count). The van der Waals surface area contributed by atoms with Crippen molar-refractivity contribution in [3.63, 3.8) is 0 Å². The van der Waals surface area contributed by atoms with Crippen molar-refractivity contribution >= 4 is 28.6 Å². The first-order chi connectivity index (χ1) is 12.6. The smallest absolute Gasteiger partial charge is 0.181 e. The quantitative estimate of drug-likeness (QED) is 0.680. The fourth-order valence-corrected chi connectivity index (χ4v) is 3.26. The first-order valence-corrected chi connectivity index (χ1v) is 8.22. The van der Waals surface area contributed by atoms with E-state index in [0.717, 1.165) is 0 Å². The monoisotopic (exact) mass is 380 g/mol. The lowest BCUT2D eigenvalue weighted by molar-refractivity contribution is 0.122. The lowest BCUT2D eigenvalue weighted by Crippen LogP contribution is -2.37. The molecular weight excluding hydrogens is 369 g/mol. The Bertz CT molecular complexity index is 972. The van der Waals surface area contributed by atoms with Gasteiger partial charge in [-0.25, -0.2) is 28.1 Å². The van der Waals surface area contributed by atoms with Gasteiger partial charge < -0.3 is 9.64 Å². The molecular formula is C17H12ClF3N4O. The van der Waals surface area contributed by atoms with E-state index in [1.807, 2.05) is 0 Å². The van der Waals surface area contributed by atoms with Crippen LogP contribution in [0.1, 0.15) is 0 Å². The molecule has 0 atom stereocenters. The number of fused-ring (bicyclic) bond motifs is 1. The average Bonchev–Trinajstić information content (AvgIpc) is 2.63. The molecule has 0 amide bonds. The molecule has 0 saturated carbocycles. The first kappa shape index (κ1) is 17.0. The Morgan fingerprint density at radius 3 is 2.31 bits per heavy atom. The van der Waals surface area contributed by atoms with Crippen LogP contribution in [0.2, 0.25) is 5.02 Å². The minimum absolute atomic E-state index is 0.00833. The Kier molecular flexibility index (Phi) is 4.37. The summed E-state index contributed by atoms with van der Waals surface area (Å²) in [6.07, 6.45) is 2.86. The van der Waals surface area contributed by atoms with Crippen LogP contribution in [0.5, 0.6) is 0 Å². The molecule has 1 fully saturated rings. The van der Waals surface area contributed by atoms with Crippen LogP contribution in [-0.4, -0.2) is 41.3 Å². The lowest BCUT2D eigenvalue weighted by atomic mass is 10.0. The molecule has 1 aromatic carbocycles. The van der Waals surface area contributed by atoms with Crippen LogP contribution in [0.4, 0.5) is 19.0 Å². The van der Waals surface area contributed by atoms with Crippen molar-refractivity contribution < 1.29 is 17.9 Å². The summed E-state index contributed by atoms with van der Waals surface area (Å²) in [6, 6.07) is 1.22. The van der Waals surface area contributed by atoms with Crippen LogP contribution in [-0.2, 0) is 4.74 Å². The average molecular weight is 381 g/mol. The maximum Gasteiger partial charge on any atom is 0.181 e. The summed E-state index contributed by atoms with van der Waals surface area (Å²) in [5, 5.41) is 0.00833. The second-order valence-electron chi connectivity index (χ2n) is 5.70. The number of halogens is 4. The Balaban J connectivity index is 2.05. The van der Waals surface area contributed by atoms with Crippen molar-refractivity contribution in [2.45, 2.75) is 0 Å². The van der Waals surface area contributed by atoms with Crippen molar-refractivity contribution in [3.05, 3.63) is 47.0 Å². The molecule has 1 saturated heterocycles. The molecule has 1 aliphatic rings. The molecule has 0 unspecified atom stereocenters. The van der Waals surface area contributed by atoms with Crippen LogP contribution in [0, 0.1) is 17.5 Å². The third kappa shape index (κ3) is 2.85. The highest BCUT2D eigenvalue weighted by Crippen LogP contribution is 2.41. The number of rotatable bonds is 2. The molecule has 0 aliphatic carbocycles. The zero-order chi connectivity index (χ0) is 18.3. The van der Waals surface area contributed by atoms with Crippen molar-refractivity contribution in [2.75, 3.05) is 31.2 Å². The Hall–Kier alpha value is -2.45. The molecule has 2 aromatic heterocycles. The molecule has 0 N–H and O–H groups in total. The summed E-state index contributed by atoms with van der Waals surface area (Å²) in [5.41, 5.74) is 0.0458. The summed E-state index contributed by atoms with van der Waals surface area (Å²) >= 11 is 6.46. The number of pyridine rings is 1. The van der Waals surface area contributed by atoms with E-state index < -0.39 is 23.0 Å². The van der Waals surface area contributed by atoms with Crippen LogP contribution >= 0.6 is 11.6 Å². The maximum absolute atomic E-state index is 14.5. The summed E-state index contributed by atoms with van der Waals surface area (Å²) < 4.78 is 47.6. The number of aromatic nitrogens is 3. The molecule has 0 bridgehead atoms. The van der Waals surface area contributed by atoms with Gasteiger partial charge in [0.1, 0.15) is 28.8 Å². The number of nitrogens with zero attached hydrogens (tertiary/aromatic N) is 4. The topological polar surface area (TPSA) is 51.1 Å². The van der Waals surface area contributed by atoms with E-state index in [1.165, 1.54) is 12.4 Å². The molecule has 3 aromatic rings. The molecule has 1 aliphatic heterocycles. The van der Waals surface area contributed by atoms with Gasteiger partial charge in [0.15, 0.2) is 5.65 Å². The maximum atomic E-state index is 14.5. The lowest BCUT2D eigenvalue weighted by Gasteiger charge is -2.30. The van der Waals surface area contributed by atoms with Gasteiger partial charge in [-0.1, -0.05) is 11.6 Å². The molecule has 0 radical (unpaired) electrons. The number of hydrogen-bond donors (Lipinski definition) is 0. The van der Waals surface area contributed by atoms with Crippen LogP contribution in [0.25, 0.3) is 22.3 Å². The van der Waals surface area contributed by atoms with Crippen molar-refractivity contribution in [1.82, 2.24) is 15.0 Å². The zero-order valence-corrected chi connectivity index (χ0v) is 14.1. The molecule has 9 heteroatoms. The minimum Gasteiger partial charge on any atom is -0.378 e. The summed E-state index contributed by atoms with van der Waals surface area (Å²) in [5.74, 6) is -2.88. The molecule has 26 heavy (non-hydrogen) atoms. The van der Waals surface area contributed by atoms with E-state index in [9.17, 15) is 13.2 Å². The highest BCUT2D eigenvalue weighted by Gasteiger charge is 2.27. The van der Waals surface area contributed by atoms with E-state index in [0.29, 0.717) is 38.4 Å². The van der Waals surface area contributed by atoms with E-state index in [-0.39, 0.29) is 27.6 Å². The van der Waals surface area contributed by atoms with Crippen LogP contribution in [0.3, 0.4) is 0 Å². The van der Waals surface area contributed by atoms with Crippen molar-refractivity contribution in [3.8, 4) is 11.1 Å². The van der Waals surface area contributed by atoms with E-state index in [4.69, 9.17) is 16.3 Å². The molecule has 3 heterocycles. The fourth-order valence-electron chi connectivity index (χ4n) is 2.95. The summed E-state index contributed by atoms with van der Waals surface area (Å²) in [4.78, 5) is 14.5. The normalized spacial score (nSPS) is 14.8. The highest BCUT2D eigenvalue weighted by molar-refractivity contribution is 6.38. The van der Waals surface area contributed by atoms with Crippen molar-refractivity contribution in [2.24, 2.45) is 0 Å². The second-order valence-corrected chi connectivity index (χ2v) is 6.07. The summed E-state index contributed by atoms with van der Waals surface area (Å²) in [7, 11) is 0. The van der Waals surface area contributed by atoms with Gasteiger partial charge in [0.2, 0.25) is 0 Å². The third-order valence-corrected chi connectivity index (χ3v) is 4.48. The number of hydrogen-bond acceptors (Lipinski definition) is 5. The standard InChI is InChI=1S/C17H12ClF3N4O/c18-14-13(12-10(20)7-9(19)8-11(12)21)17(25-3-5-26-6-4-25)24-16-15(14)22-1-2-23-16/h1-2,7-8H,3-6H2. The highest BCUT2D eigenvalue weighted by atomic mass is 35.5. The van der Waals surface area contributed by atoms with Gasteiger partial charge in [-0.3, -0.25) is 0 Å². The van der Waals surface area contributed by atoms with Gasteiger partial charge in [-0.15, -0.1) is 0 Å². The number of anilines is 1. The molecule has 134 valence electrons.